The number of nitrogens with zero attached hydrogens (tertiary/aromatic N) is 2. The monoisotopic (exact) mass is 468 g/mol. The molecule has 5 nitrogen and oxygen atoms in total. The average Bonchev–Trinajstić information content (AvgIpc) is 2.75. The fourth-order valence-corrected chi connectivity index (χ4v) is 5.91. The molecule has 3 rings (SSSR count). The van der Waals surface area contributed by atoms with Crippen molar-refractivity contribution in [1.82, 2.24) is 9.21 Å². The lowest BCUT2D eigenvalue weighted by Gasteiger charge is -2.32. The van der Waals surface area contributed by atoms with Gasteiger partial charge in [0, 0.05) is 37.6 Å². The van der Waals surface area contributed by atoms with Crippen LogP contribution >= 0.6 is 23.2 Å². The molecule has 0 aliphatic carbocycles. The lowest BCUT2D eigenvalue weighted by Crippen LogP contribution is -2.43. The summed E-state index contributed by atoms with van der Waals surface area (Å²) in [4.78, 5) is 14.6. The van der Waals surface area contributed by atoms with Gasteiger partial charge in [0.1, 0.15) is 4.90 Å². The maximum atomic E-state index is 13.0. The lowest BCUT2D eigenvalue weighted by atomic mass is 9.96. The van der Waals surface area contributed by atoms with Crippen molar-refractivity contribution in [2.45, 2.75) is 37.6 Å². The second-order valence-corrected chi connectivity index (χ2v) is 10.4. The predicted molar refractivity (Wildman–Crippen MR) is 120 cm³/mol. The van der Waals surface area contributed by atoms with Gasteiger partial charge in [-0.2, -0.15) is 4.31 Å². The second kappa shape index (κ2) is 9.69. The van der Waals surface area contributed by atoms with Gasteiger partial charge in [0.2, 0.25) is 15.9 Å². The van der Waals surface area contributed by atoms with E-state index in [2.05, 4.69) is 19.1 Å². The summed E-state index contributed by atoms with van der Waals surface area (Å²) in [5, 5.41) is 0.461. The van der Waals surface area contributed by atoms with Crippen LogP contribution < -0.4 is 0 Å². The minimum atomic E-state index is -3.75. The molecule has 1 heterocycles. The third-order valence-corrected chi connectivity index (χ3v) is 8.16. The zero-order chi connectivity index (χ0) is 21.9. The summed E-state index contributed by atoms with van der Waals surface area (Å²) in [5.74, 6) is -0.140. The van der Waals surface area contributed by atoms with Crippen LogP contribution in [0, 0.1) is 5.92 Å². The Morgan fingerprint density at radius 2 is 1.67 bits per heavy atom. The van der Waals surface area contributed by atoms with Crippen molar-refractivity contribution in [1.29, 1.82) is 0 Å². The number of benzene rings is 2. The molecule has 0 atom stereocenters. The van der Waals surface area contributed by atoms with Crippen molar-refractivity contribution in [3.05, 3.63) is 63.6 Å². The molecular formula is C22H26Cl2N2O3S. The molecule has 0 bridgehead atoms. The highest BCUT2D eigenvalue weighted by Crippen LogP contribution is 2.30. The lowest BCUT2D eigenvalue weighted by molar-refractivity contribution is -0.135. The predicted octanol–water partition coefficient (Wildman–Crippen LogP) is 4.62. The van der Waals surface area contributed by atoms with Gasteiger partial charge >= 0.3 is 0 Å². The molecule has 2 aromatic rings. The molecule has 8 heteroatoms. The summed E-state index contributed by atoms with van der Waals surface area (Å²) in [5.41, 5.74) is 2.35. The van der Waals surface area contributed by atoms with Gasteiger partial charge in [0.15, 0.2) is 0 Å². The van der Waals surface area contributed by atoms with Gasteiger partial charge in [0.05, 0.1) is 5.02 Å². The molecule has 1 aliphatic rings. The number of carbonyl (C=O) groups is 1. The summed E-state index contributed by atoms with van der Waals surface area (Å²) in [7, 11) is -1.95. The molecule has 2 aromatic carbocycles. The highest BCUT2D eigenvalue weighted by atomic mass is 35.5. The third kappa shape index (κ3) is 5.17. The van der Waals surface area contributed by atoms with Crippen molar-refractivity contribution >= 4 is 39.1 Å². The smallest absolute Gasteiger partial charge is 0.244 e. The molecule has 1 amide bonds. The van der Waals surface area contributed by atoms with E-state index in [1.165, 1.54) is 22.0 Å². The first-order chi connectivity index (χ1) is 14.2. The number of rotatable bonds is 6. The van der Waals surface area contributed by atoms with Crippen LogP contribution in [0.25, 0.3) is 0 Å². The first kappa shape index (κ1) is 23.1. The summed E-state index contributed by atoms with van der Waals surface area (Å²) < 4.78 is 27.3. The molecule has 1 aliphatic heterocycles. The average molecular weight is 469 g/mol. The Balaban J connectivity index is 1.61. The van der Waals surface area contributed by atoms with Crippen LogP contribution in [0.15, 0.2) is 47.4 Å². The Hall–Kier alpha value is -1.60. The highest BCUT2D eigenvalue weighted by molar-refractivity contribution is 7.89. The molecule has 30 heavy (non-hydrogen) atoms. The summed E-state index contributed by atoms with van der Waals surface area (Å²) >= 11 is 12.0. The number of aryl methyl sites for hydroxylation is 1. The number of amides is 1. The molecule has 0 unspecified atom stereocenters. The minimum Gasteiger partial charge on any atom is -0.341 e. The van der Waals surface area contributed by atoms with Gasteiger partial charge in [-0.1, -0.05) is 54.4 Å². The van der Waals surface area contributed by atoms with Gasteiger partial charge in [-0.05, 0) is 48.6 Å². The summed E-state index contributed by atoms with van der Waals surface area (Å²) in [6.45, 7) is 3.21. The van der Waals surface area contributed by atoms with Crippen molar-refractivity contribution in [3.8, 4) is 0 Å². The molecule has 0 N–H and O–H groups in total. The second-order valence-electron chi connectivity index (χ2n) is 7.62. The molecule has 1 saturated heterocycles. The van der Waals surface area contributed by atoms with E-state index in [9.17, 15) is 13.2 Å². The van der Waals surface area contributed by atoms with Crippen molar-refractivity contribution < 1.29 is 13.2 Å². The Morgan fingerprint density at radius 1 is 1.07 bits per heavy atom. The van der Waals surface area contributed by atoms with Crippen LogP contribution in [0.4, 0.5) is 0 Å². The molecular weight excluding hydrogens is 443 g/mol. The SMILES string of the molecule is CCc1ccc(CN(C)C(=O)C2CCN(S(=O)(=O)c3cc(Cl)ccc3Cl)CC2)cc1. The topological polar surface area (TPSA) is 57.7 Å². The Kier molecular flexibility index (Phi) is 7.45. The van der Waals surface area contributed by atoms with Crippen LogP contribution in [0.3, 0.4) is 0 Å². The van der Waals surface area contributed by atoms with E-state index in [1.807, 2.05) is 12.1 Å². The largest absolute Gasteiger partial charge is 0.341 e. The third-order valence-electron chi connectivity index (χ3n) is 5.54. The quantitative estimate of drug-likeness (QED) is 0.621. The molecule has 0 spiro atoms. The Morgan fingerprint density at radius 3 is 2.27 bits per heavy atom. The summed E-state index contributed by atoms with van der Waals surface area (Å²) in [6, 6.07) is 12.7. The number of carbonyl (C=O) groups excluding carboxylic acids is 1. The van der Waals surface area contributed by atoms with Crippen molar-refractivity contribution in [2.24, 2.45) is 5.92 Å². The number of hydrogen-bond acceptors (Lipinski definition) is 3. The molecule has 0 aromatic heterocycles. The van der Waals surface area contributed by atoms with E-state index in [1.54, 1.807) is 18.0 Å². The zero-order valence-electron chi connectivity index (χ0n) is 17.1. The fraction of sp³-hybridized carbons (Fsp3) is 0.409. The molecule has 1 fully saturated rings. The number of sulfonamides is 1. The van der Waals surface area contributed by atoms with E-state index in [0.29, 0.717) is 24.4 Å². The van der Waals surface area contributed by atoms with Gasteiger partial charge in [-0.15, -0.1) is 0 Å². The van der Waals surface area contributed by atoms with E-state index in [0.717, 1.165) is 12.0 Å². The maximum Gasteiger partial charge on any atom is 0.244 e. The zero-order valence-corrected chi connectivity index (χ0v) is 19.5. The minimum absolute atomic E-state index is 0.00841. The van der Waals surface area contributed by atoms with Crippen LogP contribution in [-0.2, 0) is 27.8 Å². The number of piperidine rings is 1. The Bertz CT molecular complexity index is 1000. The molecule has 0 saturated carbocycles. The van der Waals surface area contributed by atoms with E-state index in [-0.39, 0.29) is 34.8 Å². The standard InChI is InChI=1S/C22H26Cl2N2O3S/c1-3-16-4-6-17(7-5-16)15-25(2)22(27)18-10-12-26(13-11-18)30(28,29)21-14-19(23)8-9-20(21)24/h4-9,14,18H,3,10-13,15H2,1-2H3. The van der Waals surface area contributed by atoms with Gasteiger partial charge in [0.25, 0.3) is 0 Å². The first-order valence-electron chi connectivity index (χ1n) is 10.0. The van der Waals surface area contributed by atoms with Crippen molar-refractivity contribution in [2.75, 3.05) is 20.1 Å². The van der Waals surface area contributed by atoms with Crippen LogP contribution in [0.2, 0.25) is 10.0 Å². The van der Waals surface area contributed by atoms with Crippen LogP contribution in [0.5, 0.6) is 0 Å². The first-order valence-corrected chi connectivity index (χ1v) is 12.2. The van der Waals surface area contributed by atoms with E-state index in [4.69, 9.17) is 23.2 Å². The summed E-state index contributed by atoms with van der Waals surface area (Å²) in [6.07, 6.45) is 1.95. The number of halogens is 2. The number of hydrogen-bond donors (Lipinski definition) is 0. The highest BCUT2D eigenvalue weighted by Gasteiger charge is 2.34. The Labute approximate surface area is 188 Å². The van der Waals surface area contributed by atoms with Crippen molar-refractivity contribution in [3.63, 3.8) is 0 Å². The fourth-order valence-electron chi connectivity index (χ4n) is 3.70. The van der Waals surface area contributed by atoms with Crippen LogP contribution in [-0.4, -0.2) is 43.7 Å². The van der Waals surface area contributed by atoms with Gasteiger partial charge in [-0.25, -0.2) is 8.42 Å². The van der Waals surface area contributed by atoms with E-state index < -0.39 is 10.0 Å². The molecule has 162 valence electrons. The maximum absolute atomic E-state index is 13.0. The normalized spacial score (nSPS) is 15.9. The van der Waals surface area contributed by atoms with Gasteiger partial charge < -0.3 is 4.90 Å². The molecule has 0 radical (unpaired) electrons. The van der Waals surface area contributed by atoms with Gasteiger partial charge in [-0.3, -0.25) is 4.79 Å². The van der Waals surface area contributed by atoms with Crippen LogP contribution in [0.1, 0.15) is 30.9 Å². The van der Waals surface area contributed by atoms with E-state index >= 15 is 0 Å².